The Kier molecular flexibility index (Phi) is 3.10. The zero-order valence-corrected chi connectivity index (χ0v) is 11.3. The molecule has 0 aliphatic rings. The van der Waals surface area contributed by atoms with E-state index < -0.39 is 0 Å². The van der Waals surface area contributed by atoms with E-state index in [1.807, 2.05) is 18.2 Å². The van der Waals surface area contributed by atoms with Gasteiger partial charge < -0.3 is 0 Å². The number of hydrogen-bond acceptors (Lipinski definition) is 2. The average Bonchev–Trinajstić information content (AvgIpc) is 2.73. The molecule has 84 valence electrons. The summed E-state index contributed by atoms with van der Waals surface area (Å²) in [5, 5.41) is 4.31. The van der Waals surface area contributed by atoms with E-state index in [0.29, 0.717) is 0 Å². The molecule has 0 nitrogen and oxygen atoms in total. The van der Waals surface area contributed by atoms with E-state index in [1.54, 1.807) is 23.1 Å². The molecule has 0 atom stereocenters. The molecule has 1 heterocycles. The van der Waals surface area contributed by atoms with E-state index in [2.05, 4.69) is 35.7 Å². The van der Waals surface area contributed by atoms with Gasteiger partial charge in [-0.3, -0.25) is 0 Å². The van der Waals surface area contributed by atoms with Gasteiger partial charge in [0.15, 0.2) is 0 Å². The molecule has 0 unspecified atom stereocenters. The topological polar surface area (TPSA) is 0 Å². The van der Waals surface area contributed by atoms with E-state index >= 15 is 0 Å². The molecule has 0 aliphatic carbocycles. The van der Waals surface area contributed by atoms with Gasteiger partial charge in [-0.25, -0.2) is 0 Å². The third kappa shape index (κ3) is 2.34. The monoisotopic (exact) mass is 276 g/mol. The van der Waals surface area contributed by atoms with Crippen molar-refractivity contribution >= 4 is 44.8 Å². The molecular formula is C14H9ClS2. The van der Waals surface area contributed by atoms with Crippen LogP contribution in [-0.2, 0) is 0 Å². The molecule has 0 aliphatic heterocycles. The Hall–Kier alpha value is -0.960. The number of thiophene rings is 1. The van der Waals surface area contributed by atoms with Crippen LogP contribution in [-0.4, -0.2) is 0 Å². The lowest BCUT2D eigenvalue weighted by molar-refractivity contribution is 1.45. The Morgan fingerprint density at radius 1 is 1.00 bits per heavy atom. The summed E-state index contributed by atoms with van der Waals surface area (Å²) < 4.78 is 1.33. The molecule has 17 heavy (non-hydrogen) atoms. The second-order valence-corrected chi connectivity index (χ2v) is 6.12. The van der Waals surface area contributed by atoms with E-state index in [0.717, 1.165) is 5.02 Å². The second-order valence-electron chi connectivity index (χ2n) is 3.66. The van der Waals surface area contributed by atoms with Crippen LogP contribution >= 0.6 is 34.7 Å². The third-order valence-electron chi connectivity index (χ3n) is 2.47. The largest absolute Gasteiger partial charge is 0.143 e. The van der Waals surface area contributed by atoms with Gasteiger partial charge in [-0.05, 0) is 24.3 Å². The van der Waals surface area contributed by atoms with Gasteiger partial charge >= 0.3 is 0 Å². The summed E-state index contributed by atoms with van der Waals surface area (Å²) in [7, 11) is 0. The van der Waals surface area contributed by atoms with Gasteiger partial charge in [0.25, 0.3) is 0 Å². The predicted molar refractivity (Wildman–Crippen MR) is 77.4 cm³/mol. The first-order valence-electron chi connectivity index (χ1n) is 5.22. The summed E-state index contributed by atoms with van der Waals surface area (Å²) in [6.45, 7) is 0. The fourth-order valence-corrected chi connectivity index (χ4v) is 4.04. The minimum atomic E-state index is 0.787. The van der Waals surface area contributed by atoms with Crippen LogP contribution < -0.4 is 0 Å². The highest BCUT2D eigenvalue weighted by Crippen LogP contribution is 2.37. The molecule has 0 saturated carbocycles. The van der Waals surface area contributed by atoms with Crippen molar-refractivity contribution in [2.24, 2.45) is 0 Å². The van der Waals surface area contributed by atoms with Gasteiger partial charge in [-0.1, -0.05) is 47.6 Å². The van der Waals surface area contributed by atoms with Crippen LogP contribution in [0.25, 0.3) is 10.1 Å². The van der Waals surface area contributed by atoms with Crippen molar-refractivity contribution in [1.82, 2.24) is 0 Å². The van der Waals surface area contributed by atoms with Gasteiger partial charge in [0, 0.05) is 30.3 Å². The maximum Gasteiger partial charge on any atom is 0.0417 e. The summed E-state index contributed by atoms with van der Waals surface area (Å²) in [5.74, 6) is 0. The summed E-state index contributed by atoms with van der Waals surface area (Å²) >= 11 is 9.54. The summed E-state index contributed by atoms with van der Waals surface area (Å²) in [6, 6.07) is 16.4. The average molecular weight is 277 g/mol. The van der Waals surface area contributed by atoms with Crippen LogP contribution in [0.2, 0.25) is 5.02 Å². The highest BCUT2D eigenvalue weighted by molar-refractivity contribution is 7.99. The van der Waals surface area contributed by atoms with Crippen molar-refractivity contribution in [2.45, 2.75) is 9.79 Å². The number of fused-ring (bicyclic) bond motifs is 1. The molecule has 3 heteroatoms. The van der Waals surface area contributed by atoms with Crippen molar-refractivity contribution in [3.05, 3.63) is 58.9 Å². The molecule has 2 aromatic carbocycles. The van der Waals surface area contributed by atoms with Crippen molar-refractivity contribution in [3.8, 4) is 0 Å². The minimum Gasteiger partial charge on any atom is -0.143 e. The number of halogens is 1. The Bertz CT molecular complexity index is 658. The Morgan fingerprint density at radius 2 is 1.88 bits per heavy atom. The molecule has 0 bridgehead atoms. The number of benzene rings is 2. The first kappa shape index (κ1) is 11.1. The molecular weight excluding hydrogens is 268 g/mol. The lowest BCUT2D eigenvalue weighted by Crippen LogP contribution is -1.72. The quantitative estimate of drug-likeness (QED) is 0.578. The summed E-state index contributed by atoms with van der Waals surface area (Å²) in [4.78, 5) is 2.48. The number of rotatable bonds is 2. The standard InChI is InChI=1S/C14H9ClS2/c15-10-4-3-5-11(8-10)17-14-9-16-13-7-2-1-6-12(13)14/h1-9H. The fraction of sp³-hybridized carbons (Fsp3) is 0. The van der Waals surface area contributed by atoms with Gasteiger partial charge in [0.2, 0.25) is 0 Å². The molecule has 1 aromatic heterocycles. The van der Waals surface area contributed by atoms with Gasteiger partial charge in [0.05, 0.1) is 0 Å². The molecule has 0 amide bonds. The highest BCUT2D eigenvalue weighted by atomic mass is 35.5. The molecule has 0 fully saturated rings. The molecule has 0 spiro atoms. The third-order valence-corrected chi connectivity index (χ3v) is 4.86. The van der Waals surface area contributed by atoms with Crippen molar-refractivity contribution in [2.75, 3.05) is 0 Å². The first-order valence-corrected chi connectivity index (χ1v) is 7.30. The Morgan fingerprint density at radius 3 is 2.76 bits per heavy atom. The predicted octanol–water partition coefficient (Wildman–Crippen LogP) is 5.71. The fourth-order valence-electron chi connectivity index (χ4n) is 1.69. The smallest absolute Gasteiger partial charge is 0.0417 e. The van der Waals surface area contributed by atoms with Crippen molar-refractivity contribution in [1.29, 1.82) is 0 Å². The molecule has 0 radical (unpaired) electrons. The van der Waals surface area contributed by atoms with Gasteiger partial charge in [-0.2, -0.15) is 0 Å². The van der Waals surface area contributed by atoms with Crippen molar-refractivity contribution < 1.29 is 0 Å². The zero-order chi connectivity index (χ0) is 11.7. The lowest BCUT2D eigenvalue weighted by atomic mass is 10.3. The first-order chi connectivity index (χ1) is 8.33. The second kappa shape index (κ2) is 4.73. The van der Waals surface area contributed by atoms with Gasteiger partial charge in [-0.15, -0.1) is 11.3 Å². The SMILES string of the molecule is Clc1cccc(Sc2csc3ccccc23)c1. The van der Waals surface area contributed by atoms with Crippen LogP contribution in [0.4, 0.5) is 0 Å². The summed E-state index contributed by atoms with van der Waals surface area (Å²) in [6.07, 6.45) is 0. The van der Waals surface area contributed by atoms with Crippen LogP contribution in [0.15, 0.2) is 63.7 Å². The number of hydrogen-bond donors (Lipinski definition) is 0. The van der Waals surface area contributed by atoms with Gasteiger partial charge in [0.1, 0.15) is 0 Å². The Labute approximate surface area is 113 Å². The van der Waals surface area contributed by atoms with Crippen LogP contribution in [0.3, 0.4) is 0 Å². The maximum absolute atomic E-state index is 5.99. The lowest BCUT2D eigenvalue weighted by Gasteiger charge is -2.00. The van der Waals surface area contributed by atoms with Crippen LogP contribution in [0.1, 0.15) is 0 Å². The molecule has 0 saturated heterocycles. The van der Waals surface area contributed by atoms with E-state index in [-0.39, 0.29) is 0 Å². The van der Waals surface area contributed by atoms with E-state index in [4.69, 9.17) is 11.6 Å². The Balaban J connectivity index is 2.00. The van der Waals surface area contributed by atoms with E-state index in [9.17, 15) is 0 Å². The highest BCUT2D eigenvalue weighted by Gasteiger charge is 2.05. The van der Waals surface area contributed by atoms with Crippen molar-refractivity contribution in [3.63, 3.8) is 0 Å². The molecule has 0 N–H and O–H groups in total. The molecule has 3 rings (SSSR count). The van der Waals surface area contributed by atoms with Crippen LogP contribution in [0.5, 0.6) is 0 Å². The van der Waals surface area contributed by atoms with E-state index in [1.165, 1.54) is 19.9 Å². The molecule has 3 aromatic rings. The van der Waals surface area contributed by atoms with Crippen LogP contribution in [0, 0.1) is 0 Å². The maximum atomic E-state index is 5.99. The summed E-state index contributed by atoms with van der Waals surface area (Å²) in [5.41, 5.74) is 0. The normalized spacial score (nSPS) is 10.9. The minimum absolute atomic E-state index is 0.787. The zero-order valence-electron chi connectivity index (χ0n) is 8.89.